The second-order valence-electron chi connectivity index (χ2n) is 8.57. The first kappa shape index (κ1) is 22.1. The number of nitrogen functional groups attached to an aromatic ring is 1. The number of benzene rings is 1. The number of amides is 1. The third kappa shape index (κ3) is 4.04. The van der Waals surface area contributed by atoms with E-state index >= 15 is 0 Å². The molecule has 2 aromatic heterocycles. The number of hydrogen-bond acceptors (Lipinski definition) is 6. The van der Waals surface area contributed by atoms with Crippen molar-refractivity contribution in [3.05, 3.63) is 54.4 Å². The number of aromatic nitrogens is 3. The summed E-state index contributed by atoms with van der Waals surface area (Å²) in [5.41, 5.74) is 6.53. The second kappa shape index (κ2) is 8.27. The number of alkyl halides is 3. The maximum Gasteiger partial charge on any atom is 0.418 e. The molecule has 1 aliphatic heterocycles. The van der Waals surface area contributed by atoms with Crippen molar-refractivity contribution >= 4 is 28.4 Å². The summed E-state index contributed by atoms with van der Waals surface area (Å²) in [4.78, 5) is 28.7. The molecule has 1 saturated carbocycles. The van der Waals surface area contributed by atoms with Gasteiger partial charge in [-0.3, -0.25) is 4.79 Å². The van der Waals surface area contributed by atoms with Crippen LogP contribution in [0.25, 0.3) is 22.2 Å². The molecule has 1 aromatic carbocycles. The fraction of sp³-hybridized carbons (Fsp3) is 0.333. The number of halogens is 3. The van der Waals surface area contributed by atoms with Gasteiger partial charge in [-0.15, -0.1) is 0 Å². The van der Waals surface area contributed by atoms with Crippen molar-refractivity contribution in [1.82, 2.24) is 19.9 Å². The Balaban J connectivity index is 1.61. The molecule has 1 aliphatic carbocycles. The fourth-order valence-electron chi connectivity index (χ4n) is 4.47. The number of anilines is 2. The Morgan fingerprint density at radius 1 is 1.12 bits per heavy atom. The highest BCUT2D eigenvalue weighted by Crippen LogP contribution is 2.48. The van der Waals surface area contributed by atoms with E-state index in [0.29, 0.717) is 43.1 Å². The van der Waals surface area contributed by atoms with Crippen LogP contribution in [-0.4, -0.2) is 51.9 Å². The van der Waals surface area contributed by atoms with E-state index in [1.165, 1.54) is 18.5 Å². The molecule has 1 amide bonds. The molecule has 0 bridgehead atoms. The lowest BCUT2D eigenvalue weighted by atomic mass is 9.94. The van der Waals surface area contributed by atoms with E-state index in [0.717, 1.165) is 29.9 Å². The zero-order chi connectivity index (χ0) is 24.0. The molecule has 176 valence electrons. The van der Waals surface area contributed by atoms with Crippen molar-refractivity contribution in [2.45, 2.75) is 24.9 Å². The Morgan fingerprint density at radius 2 is 1.85 bits per heavy atom. The summed E-state index contributed by atoms with van der Waals surface area (Å²) in [5.74, 6) is 0.780. The maximum absolute atomic E-state index is 13.8. The van der Waals surface area contributed by atoms with Gasteiger partial charge in [-0.05, 0) is 54.7 Å². The van der Waals surface area contributed by atoms with Crippen molar-refractivity contribution in [3.8, 4) is 11.3 Å². The van der Waals surface area contributed by atoms with Gasteiger partial charge in [0.05, 0.1) is 16.8 Å². The minimum Gasteiger partial charge on any atom is -0.384 e. The Labute approximate surface area is 194 Å². The standard InChI is InChI=1S/C24H23F3N6O/c1-2-21(34)32-7-9-33(10-8-32)23-17-11-15(14-3-4-14)16(12-19(17)29-13-30-23)22-18(24(25,26)27)5-6-20(28)31-22/h2,5-6,11-14H,1,3-4,7-10H2,(H2,28,31). The van der Waals surface area contributed by atoms with Crippen LogP contribution in [0.2, 0.25) is 0 Å². The molecule has 0 radical (unpaired) electrons. The smallest absolute Gasteiger partial charge is 0.384 e. The van der Waals surface area contributed by atoms with Crippen LogP contribution in [0, 0.1) is 0 Å². The third-order valence-electron chi connectivity index (χ3n) is 6.35. The van der Waals surface area contributed by atoms with Crippen LogP contribution in [0.5, 0.6) is 0 Å². The molecular weight excluding hydrogens is 445 g/mol. The summed E-state index contributed by atoms with van der Waals surface area (Å²) in [5, 5.41) is 0.772. The number of nitrogens with two attached hydrogens (primary N) is 1. The lowest BCUT2D eigenvalue weighted by molar-refractivity contribution is -0.137. The zero-order valence-electron chi connectivity index (χ0n) is 18.3. The van der Waals surface area contributed by atoms with Gasteiger partial charge in [-0.2, -0.15) is 13.2 Å². The van der Waals surface area contributed by atoms with E-state index in [2.05, 4.69) is 26.4 Å². The molecular formula is C24H23F3N6O. The van der Waals surface area contributed by atoms with E-state index < -0.39 is 11.7 Å². The van der Waals surface area contributed by atoms with Gasteiger partial charge in [-0.25, -0.2) is 15.0 Å². The molecule has 10 heteroatoms. The molecule has 7 nitrogen and oxygen atoms in total. The van der Waals surface area contributed by atoms with Crippen LogP contribution in [0.3, 0.4) is 0 Å². The lowest BCUT2D eigenvalue weighted by Crippen LogP contribution is -2.48. The highest BCUT2D eigenvalue weighted by Gasteiger charge is 2.37. The summed E-state index contributed by atoms with van der Waals surface area (Å²) >= 11 is 0. The van der Waals surface area contributed by atoms with Gasteiger partial charge in [0, 0.05) is 37.1 Å². The lowest BCUT2D eigenvalue weighted by Gasteiger charge is -2.35. The van der Waals surface area contributed by atoms with Gasteiger partial charge in [0.2, 0.25) is 5.91 Å². The Morgan fingerprint density at radius 3 is 2.50 bits per heavy atom. The van der Waals surface area contributed by atoms with Crippen LogP contribution >= 0.6 is 0 Å². The van der Waals surface area contributed by atoms with Gasteiger partial charge >= 0.3 is 6.18 Å². The number of hydrogen-bond donors (Lipinski definition) is 1. The number of carbonyl (C=O) groups excluding carboxylic acids is 1. The SMILES string of the molecule is C=CC(=O)N1CCN(c2ncnc3cc(-c4nc(N)ccc4C(F)(F)F)c(C4CC4)cc23)CC1. The Hall–Kier alpha value is -3.69. The van der Waals surface area contributed by atoms with Gasteiger partial charge < -0.3 is 15.5 Å². The molecule has 2 aliphatic rings. The minimum absolute atomic E-state index is 0.0279. The molecule has 34 heavy (non-hydrogen) atoms. The predicted octanol–water partition coefficient (Wildman–Crippen LogP) is 4.00. The number of fused-ring (bicyclic) bond motifs is 1. The van der Waals surface area contributed by atoms with E-state index in [1.54, 1.807) is 11.0 Å². The first-order chi connectivity index (χ1) is 16.3. The number of pyridine rings is 1. The molecule has 0 spiro atoms. The topological polar surface area (TPSA) is 88.2 Å². The molecule has 1 saturated heterocycles. The normalized spacial score (nSPS) is 16.7. The quantitative estimate of drug-likeness (QED) is 0.583. The van der Waals surface area contributed by atoms with Crippen LogP contribution < -0.4 is 10.6 Å². The average molecular weight is 468 g/mol. The van der Waals surface area contributed by atoms with E-state index in [1.807, 2.05) is 6.07 Å². The molecule has 0 unspecified atom stereocenters. The number of piperazine rings is 1. The number of nitrogens with zero attached hydrogens (tertiary/aromatic N) is 5. The molecule has 2 fully saturated rings. The van der Waals surface area contributed by atoms with Crippen molar-refractivity contribution in [2.75, 3.05) is 36.8 Å². The number of rotatable bonds is 4. The van der Waals surface area contributed by atoms with Gasteiger partial charge in [0.15, 0.2) is 0 Å². The summed E-state index contributed by atoms with van der Waals surface area (Å²) in [6.07, 6.45) is -0.0536. The van der Waals surface area contributed by atoms with Gasteiger partial charge in [-0.1, -0.05) is 6.58 Å². The third-order valence-corrected chi connectivity index (χ3v) is 6.35. The summed E-state index contributed by atoms with van der Waals surface area (Å²) in [6.45, 7) is 5.77. The summed E-state index contributed by atoms with van der Waals surface area (Å²) in [7, 11) is 0. The van der Waals surface area contributed by atoms with E-state index in [4.69, 9.17) is 5.73 Å². The monoisotopic (exact) mass is 468 g/mol. The van der Waals surface area contributed by atoms with Gasteiger partial charge in [0.25, 0.3) is 0 Å². The minimum atomic E-state index is -4.56. The highest BCUT2D eigenvalue weighted by atomic mass is 19.4. The number of carbonyl (C=O) groups is 1. The van der Waals surface area contributed by atoms with Crippen LogP contribution in [0.4, 0.5) is 24.8 Å². The largest absolute Gasteiger partial charge is 0.418 e. The fourth-order valence-corrected chi connectivity index (χ4v) is 4.47. The van der Waals surface area contributed by atoms with Crippen molar-refractivity contribution < 1.29 is 18.0 Å². The summed E-state index contributed by atoms with van der Waals surface area (Å²) < 4.78 is 41.4. The zero-order valence-corrected chi connectivity index (χ0v) is 18.3. The van der Waals surface area contributed by atoms with Crippen molar-refractivity contribution in [1.29, 1.82) is 0 Å². The molecule has 5 rings (SSSR count). The van der Waals surface area contributed by atoms with Crippen LogP contribution in [0.15, 0.2) is 43.2 Å². The Bertz CT molecular complexity index is 1280. The molecule has 2 N–H and O–H groups in total. The van der Waals surface area contributed by atoms with Crippen LogP contribution in [0.1, 0.15) is 29.9 Å². The highest BCUT2D eigenvalue weighted by molar-refractivity contribution is 5.94. The predicted molar refractivity (Wildman–Crippen MR) is 123 cm³/mol. The molecule has 3 heterocycles. The Kier molecular flexibility index (Phi) is 5.38. The van der Waals surface area contributed by atoms with E-state index in [9.17, 15) is 18.0 Å². The van der Waals surface area contributed by atoms with Crippen molar-refractivity contribution in [2.24, 2.45) is 0 Å². The average Bonchev–Trinajstić information content (AvgIpc) is 3.67. The first-order valence-electron chi connectivity index (χ1n) is 11.1. The molecule has 0 atom stereocenters. The second-order valence-corrected chi connectivity index (χ2v) is 8.57. The van der Waals surface area contributed by atoms with Gasteiger partial charge in [0.1, 0.15) is 18.0 Å². The van der Waals surface area contributed by atoms with Crippen molar-refractivity contribution in [3.63, 3.8) is 0 Å². The first-order valence-corrected chi connectivity index (χ1v) is 11.1. The maximum atomic E-state index is 13.8. The summed E-state index contributed by atoms with van der Waals surface area (Å²) in [6, 6.07) is 5.72. The van der Waals surface area contributed by atoms with E-state index in [-0.39, 0.29) is 23.3 Å². The van der Waals surface area contributed by atoms with Crippen LogP contribution in [-0.2, 0) is 11.0 Å². The molecule has 3 aromatic rings.